The molecule has 3 aromatic rings. The Morgan fingerprint density at radius 1 is 0.962 bits per heavy atom. The Morgan fingerprint density at radius 2 is 1.73 bits per heavy atom. The van der Waals surface area contributed by atoms with E-state index < -0.39 is 6.09 Å². The van der Waals surface area contributed by atoms with Crippen molar-refractivity contribution in [3.63, 3.8) is 0 Å². The fourth-order valence-corrected chi connectivity index (χ4v) is 3.02. The van der Waals surface area contributed by atoms with Gasteiger partial charge in [0.15, 0.2) is 0 Å². The third-order valence-corrected chi connectivity index (χ3v) is 4.23. The fourth-order valence-electron chi connectivity index (χ4n) is 3.02. The van der Waals surface area contributed by atoms with Crippen LogP contribution in [0.25, 0.3) is 10.8 Å². The third kappa shape index (κ3) is 3.47. The number of hydrogen-bond donors (Lipinski definition) is 1. The summed E-state index contributed by atoms with van der Waals surface area (Å²) in [6.07, 6.45) is 1.20. The van der Waals surface area contributed by atoms with Gasteiger partial charge in [-0.3, -0.25) is 5.32 Å². The first-order valence-corrected chi connectivity index (χ1v) is 8.40. The summed E-state index contributed by atoms with van der Waals surface area (Å²) in [6, 6.07) is 23.7. The smallest absolute Gasteiger partial charge is 0.413 e. The van der Waals surface area contributed by atoms with Crippen LogP contribution in [0.15, 0.2) is 83.0 Å². The molecular weight excluding hydrogens is 326 g/mol. The number of carbonyl (C=O) groups is 1. The van der Waals surface area contributed by atoms with Crippen molar-refractivity contribution in [3.05, 3.63) is 83.9 Å². The van der Waals surface area contributed by atoms with Crippen molar-refractivity contribution < 1.29 is 9.53 Å². The molecule has 1 unspecified atom stereocenters. The maximum atomic E-state index is 12.0. The Hall–Kier alpha value is -3.47. The van der Waals surface area contributed by atoms with Crippen LogP contribution in [0.2, 0.25) is 0 Å². The van der Waals surface area contributed by atoms with E-state index in [1.54, 1.807) is 6.21 Å². The largest absolute Gasteiger partial charge is 0.441 e. The molecule has 1 aliphatic heterocycles. The van der Waals surface area contributed by atoms with Crippen LogP contribution in [0.5, 0.6) is 0 Å². The number of alkyl carbamates (subject to hydrolysis) is 1. The van der Waals surface area contributed by atoms with Crippen LogP contribution in [0.1, 0.15) is 23.7 Å². The SMILES string of the molecule is O=C1N/C(=N/N=C\c2ccccc2)CC(c2cccc3ccccc23)O1. The van der Waals surface area contributed by atoms with Gasteiger partial charge in [0.2, 0.25) is 0 Å². The lowest BCUT2D eigenvalue weighted by atomic mass is 9.98. The zero-order valence-corrected chi connectivity index (χ0v) is 14.0. The molecule has 3 aromatic carbocycles. The van der Waals surface area contributed by atoms with Crippen LogP contribution in [0.3, 0.4) is 0 Å². The van der Waals surface area contributed by atoms with Gasteiger partial charge in [0.05, 0.1) is 6.21 Å². The Morgan fingerprint density at radius 3 is 2.62 bits per heavy atom. The third-order valence-electron chi connectivity index (χ3n) is 4.23. The van der Waals surface area contributed by atoms with E-state index in [9.17, 15) is 4.79 Å². The average molecular weight is 343 g/mol. The van der Waals surface area contributed by atoms with E-state index in [2.05, 4.69) is 15.5 Å². The van der Waals surface area contributed by atoms with E-state index in [4.69, 9.17) is 4.74 Å². The highest BCUT2D eigenvalue weighted by molar-refractivity contribution is 5.98. The summed E-state index contributed by atoms with van der Waals surface area (Å²) < 4.78 is 5.49. The van der Waals surface area contributed by atoms with Crippen LogP contribution >= 0.6 is 0 Å². The summed E-state index contributed by atoms with van der Waals surface area (Å²) in [5, 5.41) is 13.0. The van der Waals surface area contributed by atoms with E-state index in [1.165, 1.54) is 0 Å². The molecule has 5 nitrogen and oxygen atoms in total. The fraction of sp³-hybridized carbons (Fsp3) is 0.0952. The van der Waals surface area contributed by atoms with Crippen LogP contribution in [-0.2, 0) is 4.74 Å². The molecule has 26 heavy (non-hydrogen) atoms. The van der Waals surface area contributed by atoms with Gasteiger partial charge in [0.1, 0.15) is 11.9 Å². The number of nitrogens with zero attached hydrogens (tertiary/aromatic N) is 2. The number of rotatable bonds is 3. The first-order valence-electron chi connectivity index (χ1n) is 8.40. The monoisotopic (exact) mass is 343 g/mol. The molecular formula is C21H17N3O2. The van der Waals surface area contributed by atoms with Crippen LogP contribution < -0.4 is 5.32 Å². The molecule has 0 aromatic heterocycles. The molecule has 1 amide bonds. The van der Waals surface area contributed by atoms with Gasteiger partial charge in [0.25, 0.3) is 0 Å². The van der Waals surface area contributed by atoms with Gasteiger partial charge in [-0.15, -0.1) is 5.10 Å². The predicted octanol–water partition coefficient (Wildman–Crippen LogP) is 4.44. The Bertz CT molecular complexity index is 991. The van der Waals surface area contributed by atoms with Gasteiger partial charge in [-0.1, -0.05) is 72.8 Å². The standard InChI is InChI=1S/C21H17N3O2/c25-21-23-20(24-22-14-15-7-2-1-3-8-15)13-19(26-21)18-12-6-10-16-9-4-5-11-17(16)18/h1-12,14,19H,13H2,(H,23,24,25)/b22-14-. The van der Waals surface area contributed by atoms with Gasteiger partial charge in [-0.25, -0.2) is 4.79 Å². The normalized spacial score (nSPS) is 18.8. The van der Waals surface area contributed by atoms with Crippen LogP contribution in [0.4, 0.5) is 4.79 Å². The average Bonchev–Trinajstić information content (AvgIpc) is 2.68. The molecule has 4 rings (SSSR count). The lowest BCUT2D eigenvalue weighted by molar-refractivity contribution is 0.0967. The molecule has 1 saturated heterocycles. The summed E-state index contributed by atoms with van der Waals surface area (Å²) >= 11 is 0. The van der Waals surface area contributed by atoms with E-state index >= 15 is 0 Å². The summed E-state index contributed by atoms with van der Waals surface area (Å²) in [6.45, 7) is 0. The first kappa shape index (κ1) is 16.0. The number of nitrogens with one attached hydrogen (secondary N) is 1. The van der Waals surface area contributed by atoms with Crippen molar-refractivity contribution in [2.24, 2.45) is 10.2 Å². The molecule has 0 saturated carbocycles. The Labute approximate surface area is 151 Å². The number of hydrogen-bond acceptors (Lipinski definition) is 4. The molecule has 1 fully saturated rings. The molecule has 1 N–H and O–H groups in total. The lowest BCUT2D eigenvalue weighted by Gasteiger charge is -2.25. The highest BCUT2D eigenvalue weighted by Crippen LogP contribution is 2.30. The summed E-state index contributed by atoms with van der Waals surface area (Å²) in [5.41, 5.74) is 1.92. The van der Waals surface area contributed by atoms with Gasteiger partial charge in [-0.05, 0) is 16.3 Å². The zero-order chi connectivity index (χ0) is 17.8. The van der Waals surface area contributed by atoms with Crippen LogP contribution in [0, 0.1) is 0 Å². The minimum Gasteiger partial charge on any atom is -0.441 e. The second-order valence-corrected chi connectivity index (χ2v) is 5.99. The molecule has 128 valence electrons. The van der Waals surface area contributed by atoms with Crippen molar-refractivity contribution in [3.8, 4) is 0 Å². The zero-order valence-electron chi connectivity index (χ0n) is 14.0. The highest BCUT2D eigenvalue weighted by Gasteiger charge is 2.27. The van der Waals surface area contributed by atoms with E-state index in [-0.39, 0.29) is 6.10 Å². The number of cyclic esters (lactones) is 1. The van der Waals surface area contributed by atoms with Gasteiger partial charge in [0, 0.05) is 12.0 Å². The maximum absolute atomic E-state index is 12.0. The van der Waals surface area contributed by atoms with Crippen molar-refractivity contribution in [1.82, 2.24) is 5.32 Å². The molecule has 1 heterocycles. The minimum absolute atomic E-state index is 0.388. The second kappa shape index (κ2) is 7.19. The second-order valence-electron chi connectivity index (χ2n) is 5.99. The number of amidine groups is 1. The van der Waals surface area contributed by atoms with Gasteiger partial charge in [-0.2, -0.15) is 5.10 Å². The number of amides is 1. The highest BCUT2D eigenvalue weighted by atomic mass is 16.6. The molecule has 5 heteroatoms. The van der Waals surface area contributed by atoms with E-state index in [0.717, 1.165) is 21.9 Å². The lowest BCUT2D eigenvalue weighted by Crippen LogP contribution is -2.38. The summed E-state index contributed by atoms with van der Waals surface area (Å²) in [7, 11) is 0. The number of carbonyl (C=O) groups excluding carboxylic acids is 1. The van der Waals surface area contributed by atoms with Crippen molar-refractivity contribution in [2.75, 3.05) is 0 Å². The molecule has 0 aliphatic carbocycles. The van der Waals surface area contributed by atoms with E-state index in [1.807, 2.05) is 72.8 Å². The van der Waals surface area contributed by atoms with Crippen molar-refractivity contribution >= 4 is 28.9 Å². The Kier molecular flexibility index (Phi) is 4.43. The topological polar surface area (TPSA) is 63.0 Å². The molecule has 0 bridgehead atoms. The number of fused-ring (bicyclic) bond motifs is 1. The number of benzene rings is 3. The predicted molar refractivity (Wildman–Crippen MR) is 102 cm³/mol. The first-order chi connectivity index (χ1) is 12.8. The van der Waals surface area contributed by atoms with Gasteiger partial charge < -0.3 is 4.74 Å². The van der Waals surface area contributed by atoms with Gasteiger partial charge >= 0.3 is 6.09 Å². The summed E-state index contributed by atoms with van der Waals surface area (Å²) in [5.74, 6) is 0.492. The molecule has 1 atom stereocenters. The molecule has 0 spiro atoms. The van der Waals surface area contributed by atoms with Crippen molar-refractivity contribution in [1.29, 1.82) is 0 Å². The maximum Gasteiger partial charge on any atom is 0.413 e. The molecule has 1 aliphatic rings. The Balaban J connectivity index is 1.59. The van der Waals surface area contributed by atoms with Crippen molar-refractivity contribution in [2.45, 2.75) is 12.5 Å². The van der Waals surface area contributed by atoms with Crippen LogP contribution in [-0.4, -0.2) is 18.1 Å². The number of ether oxygens (including phenoxy) is 1. The molecule has 0 radical (unpaired) electrons. The quantitative estimate of drug-likeness (QED) is 0.564. The summed E-state index contributed by atoms with van der Waals surface area (Å²) in [4.78, 5) is 12.0. The minimum atomic E-state index is -0.511. The van der Waals surface area contributed by atoms with E-state index in [0.29, 0.717) is 12.3 Å².